The summed E-state index contributed by atoms with van der Waals surface area (Å²) in [5.41, 5.74) is 4.77. The fourth-order valence-electron chi connectivity index (χ4n) is 3.10. The highest BCUT2D eigenvalue weighted by Crippen LogP contribution is 2.22. The average molecular weight is 363 g/mol. The summed E-state index contributed by atoms with van der Waals surface area (Å²) in [6.07, 6.45) is 1.82. The Bertz CT molecular complexity index is 815. The molecule has 0 aromatic heterocycles. The zero-order chi connectivity index (χ0) is 18.0. The first kappa shape index (κ1) is 17.6. The number of hydrogen-bond donors (Lipinski definition) is 1. The minimum Gasteiger partial charge on any atom is -0.312 e. The van der Waals surface area contributed by atoms with Gasteiger partial charge in [-0.3, -0.25) is 9.59 Å². The van der Waals surface area contributed by atoms with E-state index in [1.54, 1.807) is 11.8 Å². The number of carbonyl (C=O) groups is 2. The summed E-state index contributed by atoms with van der Waals surface area (Å²) < 4.78 is 22.9. The quantitative estimate of drug-likeness (QED) is 0.640. The number of benzene rings is 1. The maximum atomic E-state index is 12.0. The zero-order valence-corrected chi connectivity index (χ0v) is 14.9. The monoisotopic (exact) mass is 363 g/mol. The molecule has 2 aliphatic rings. The predicted octanol–water partition coefficient (Wildman–Crippen LogP) is 1.09. The van der Waals surface area contributed by atoms with Gasteiger partial charge in [-0.05, 0) is 37.5 Å². The minimum atomic E-state index is -3.09. The van der Waals surface area contributed by atoms with E-state index in [1.807, 2.05) is 24.3 Å². The molecule has 0 unspecified atom stereocenters. The van der Waals surface area contributed by atoms with Crippen molar-refractivity contribution in [3.05, 3.63) is 29.8 Å². The number of hydrazone groups is 1. The molecule has 1 aromatic carbocycles. The van der Waals surface area contributed by atoms with Gasteiger partial charge in [-0.1, -0.05) is 12.1 Å². The molecular weight excluding hydrogens is 342 g/mol. The highest BCUT2D eigenvalue weighted by Gasteiger charge is 2.32. The maximum absolute atomic E-state index is 12.0. The van der Waals surface area contributed by atoms with Crippen molar-refractivity contribution < 1.29 is 18.0 Å². The summed E-state index contributed by atoms with van der Waals surface area (Å²) in [6, 6.07) is 7.43. The van der Waals surface area contributed by atoms with Gasteiger partial charge in [0.15, 0.2) is 9.84 Å². The van der Waals surface area contributed by atoms with E-state index < -0.39 is 15.8 Å². The number of carbonyl (C=O) groups excluding carboxylic acids is 2. The van der Waals surface area contributed by atoms with Gasteiger partial charge in [-0.25, -0.2) is 13.8 Å². The van der Waals surface area contributed by atoms with Gasteiger partial charge in [-0.2, -0.15) is 5.10 Å². The predicted molar refractivity (Wildman–Crippen MR) is 95.1 cm³/mol. The van der Waals surface area contributed by atoms with Crippen molar-refractivity contribution in [2.75, 3.05) is 23.0 Å². The SMILES string of the molecule is C/C(=N/NC(=O)[C@H]1CCS(=O)(=O)C1)c1ccc(N2CCCC2=O)cc1. The molecule has 25 heavy (non-hydrogen) atoms. The van der Waals surface area contributed by atoms with Gasteiger partial charge in [0.05, 0.1) is 23.1 Å². The lowest BCUT2D eigenvalue weighted by atomic mass is 10.1. The molecule has 0 spiro atoms. The van der Waals surface area contributed by atoms with E-state index in [1.165, 1.54) is 0 Å². The largest absolute Gasteiger partial charge is 0.312 e. The number of amides is 2. The number of hydrogen-bond acceptors (Lipinski definition) is 5. The summed E-state index contributed by atoms with van der Waals surface area (Å²) >= 11 is 0. The van der Waals surface area contributed by atoms with Crippen LogP contribution < -0.4 is 10.3 Å². The Morgan fingerprint density at radius 1 is 1.28 bits per heavy atom. The summed E-state index contributed by atoms with van der Waals surface area (Å²) in [4.78, 5) is 25.5. The lowest BCUT2D eigenvalue weighted by molar-refractivity contribution is -0.124. The Kier molecular flexibility index (Phi) is 4.89. The van der Waals surface area contributed by atoms with Crippen LogP contribution >= 0.6 is 0 Å². The number of nitrogens with zero attached hydrogens (tertiary/aromatic N) is 2. The Balaban J connectivity index is 1.62. The summed E-state index contributed by atoms with van der Waals surface area (Å²) in [5, 5.41) is 4.07. The van der Waals surface area contributed by atoms with Gasteiger partial charge in [0.2, 0.25) is 11.8 Å². The van der Waals surface area contributed by atoms with Crippen LogP contribution in [0.1, 0.15) is 31.7 Å². The van der Waals surface area contributed by atoms with Crippen LogP contribution in [0.25, 0.3) is 0 Å². The van der Waals surface area contributed by atoms with E-state index in [9.17, 15) is 18.0 Å². The molecule has 2 heterocycles. The van der Waals surface area contributed by atoms with Crippen molar-refractivity contribution in [2.24, 2.45) is 11.0 Å². The van der Waals surface area contributed by atoms with Gasteiger partial charge < -0.3 is 4.90 Å². The van der Waals surface area contributed by atoms with Gasteiger partial charge in [-0.15, -0.1) is 0 Å². The molecule has 1 aromatic rings. The van der Waals surface area contributed by atoms with Gasteiger partial charge >= 0.3 is 0 Å². The number of sulfone groups is 1. The van der Waals surface area contributed by atoms with Crippen molar-refractivity contribution in [3.63, 3.8) is 0 Å². The zero-order valence-electron chi connectivity index (χ0n) is 14.1. The average Bonchev–Trinajstić information content (AvgIpc) is 3.17. The molecule has 8 heteroatoms. The highest BCUT2D eigenvalue weighted by atomic mass is 32.2. The third-order valence-corrected chi connectivity index (χ3v) is 6.38. The van der Waals surface area contributed by atoms with E-state index in [2.05, 4.69) is 10.5 Å². The lowest BCUT2D eigenvalue weighted by Gasteiger charge is -2.15. The molecule has 0 radical (unpaired) electrons. The topological polar surface area (TPSA) is 95.9 Å². The second-order valence-corrected chi connectivity index (χ2v) is 8.70. The van der Waals surface area contributed by atoms with Crippen molar-refractivity contribution in [1.29, 1.82) is 0 Å². The molecule has 0 bridgehead atoms. The summed E-state index contributed by atoms with van der Waals surface area (Å²) in [7, 11) is -3.09. The van der Waals surface area contributed by atoms with Crippen LogP contribution in [0.3, 0.4) is 0 Å². The fourth-order valence-corrected chi connectivity index (χ4v) is 4.84. The smallest absolute Gasteiger partial charge is 0.244 e. The number of anilines is 1. The molecular formula is C17H21N3O4S. The Morgan fingerprint density at radius 3 is 2.56 bits per heavy atom. The second kappa shape index (κ2) is 6.95. The molecule has 2 aliphatic heterocycles. The first-order valence-corrected chi connectivity index (χ1v) is 10.1. The first-order valence-electron chi connectivity index (χ1n) is 8.31. The fraction of sp³-hybridized carbons (Fsp3) is 0.471. The molecule has 1 atom stereocenters. The molecule has 1 N–H and O–H groups in total. The molecule has 2 amide bonds. The van der Waals surface area contributed by atoms with Crippen LogP contribution in [0.4, 0.5) is 5.69 Å². The van der Waals surface area contributed by atoms with E-state index in [0.717, 1.165) is 24.2 Å². The van der Waals surface area contributed by atoms with Crippen LogP contribution in [0.5, 0.6) is 0 Å². The van der Waals surface area contributed by atoms with Crippen LogP contribution in [0, 0.1) is 5.92 Å². The van der Waals surface area contributed by atoms with Crippen molar-refractivity contribution >= 4 is 33.1 Å². The molecule has 2 fully saturated rings. The molecule has 134 valence electrons. The highest BCUT2D eigenvalue weighted by molar-refractivity contribution is 7.91. The first-order chi connectivity index (χ1) is 11.9. The Labute approximate surface area is 147 Å². The van der Waals surface area contributed by atoms with Crippen molar-refractivity contribution in [3.8, 4) is 0 Å². The van der Waals surface area contributed by atoms with E-state index in [-0.39, 0.29) is 23.3 Å². The molecule has 0 saturated carbocycles. The normalized spacial score (nSPS) is 23.1. The van der Waals surface area contributed by atoms with E-state index in [0.29, 0.717) is 18.6 Å². The van der Waals surface area contributed by atoms with E-state index >= 15 is 0 Å². The number of rotatable bonds is 4. The third kappa shape index (κ3) is 4.07. The van der Waals surface area contributed by atoms with Gasteiger partial charge in [0.1, 0.15) is 0 Å². The van der Waals surface area contributed by atoms with Gasteiger partial charge in [0.25, 0.3) is 0 Å². The molecule has 7 nitrogen and oxygen atoms in total. The van der Waals surface area contributed by atoms with Crippen molar-refractivity contribution in [2.45, 2.75) is 26.2 Å². The molecule has 2 saturated heterocycles. The summed E-state index contributed by atoms with van der Waals surface area (Å²) in [5.74, 6) is -0.794. The Hall–Kier alpha value is -2.22. The maximum Gasteiger partial charge on any atom is 0.244 e. The van der Waals surface area contributed by atoms with E-state index in [4.69, 9.17) is 0 Å². The van der Waals surface area contributed by atoms with Crippen LogP contribution in [0.15, 0.2) is 29.4 Å². The summed E-state index contributed by atoms with van der Waals surface area (Å²) in [6.45, 7) is 2.51. The third-order valence-electron chi connectivity index (χ3n) is 4.61. The Morgan fingerprint density at radius 2 is 2.00 bits per heavy atom. The minimum absolute atomic E-state index is 0.0600. The number of nitrogens with one attached hydrogen (secondary N) is 1. The van der Waals surface area contributed by atoms with Crippen LogP contribution in [-0.4, -0.2) is 44.0 Å². The van der Waals surface area contributed by atoms with Gasteiger partial charge in [0, 0.05) is 18.7 Å². The molecule has 3 rings (SSSR count). The van der Waals surface area contributed by atoms with Crippen molar-refractivity contribution in [1.82, 2.24) is 5.43 Å². The standard InChI is InChI=1S/C17H21N3O4S/c1-12(18-19-17(22)14-8-10-25(23,24)11-14)13-4-6-15(7-5-13)20-9-2-3-16(20)21/h4-7,14H,2-3,8-11H2,1H3,(H,19,22)/b18-12-/t14-/m0/s1. The van der Waals surface area contributed by atoms with Crippen LogP contribution in [-0.2, 0) is 19.4 Å². The second-order valence-electron chi connectivity index (χ2n) is 6.47. The molecule has 0 aliphatic carbocycles. The lowest BCUT2D eigenvalue weighted by Crippen LogP contribution is -2.28. The van der Waals surface area contributed by atoms with Crippen LogP contribution in [0.2, 0.25) is 0 Å².